The van der Waals surface area contributed by atoms with Crippen molar-refractivity contribution in [3.63, 3.8) is 0 Å². The predicted molar refractivity (Wildman–Crippen MR) is 159 cm³/mol. The van der Waals surface area contributed by atoms with Crippen LogP contribution in [0.25, 0.3) is 11.3 Å². The summed E-state index contributed by atoms with van der Waals surface area (Å²) in [6.07, 6.45) is 6.21. The maximum Gasteiger partial charge on any atom is 0.306 e. The van der Waals surface area contributed by atoms with E-state index in [-0.39, 0.29) is 34.0 Å². The van der Waals surface area contributed by atoms with Gasteiger partial charge in [0.05, 0.1) is 48.9 Å². The summed E-state index contributed by atoms with van der Waals surface area (Å²) in [5.41, 5.74) is 1.05. The van der Waals surface area contributed by atoms with Gasteiger partial charge in [0.2, 0.25) is 11.9 Å². The van der Waals surface area contributed by atoms with Crippen LogP contribution in [0.5, 0.6) is 5.75 Å². The van der Waals surface area contributed by atoms with Gasteiger partial charge in [-0.2, -0.15) is 0 Å². The summed E-state index contributed by atoms with van der Waals surface area (Å²) >= 11 is 6.37. The van der Waals surface area contributed by atoms with Gasteiger partial charge in [0.15, 0.2) is 0 Å². The number of aromatic nitrogens is 3. The van der Waals surface area contributed by atoms with Gasteiger partial charge in [0.1, 0.15) is 23.3 Å². The molecule has 1 fully saturated rings. The van der Waals surface area contributed by atoms with E-state index in [1.165, 1.54) is 38.6 Å². The minimum absolute atomic E-state index is 0.0393. The Morgan fingerprint density at radius 2 is 2.07 bits per heavy atom. The zero-order chi connectivity index (χ0) is 32.0. The lowest BCUT2D eigenvalue weighted by Crippen LogP contribution is -2.48. The third-order valence-electron chi connectivity index (χ3n) is 7.49. The Kier molecular flexibility index (Phi) is 10.5. The molecule has 1 aliphatic rings. The van der Waals surface area contributed by atoms with Gasteiger partial charge in [0.25, 0.3) is 5.91 Å². The van der Waals surface area contributed by atoms with Gasteiger partial charge in [-0.3, -0.25) is 24.7 Å². The Labute approximate surface area is 257 Å². The van der Waals surface area contributed by atoms with Crippen molar-refractivity contribution in [2.75, 3.05) is 19.0 Å². The monoisotopic (exact) mass is 629 g/mol. The van der Waals surface area contributed by atoms with Crippen molar-refractivity contribution in [3.05, 3.63) is 58.8 Å². The van der Waals surface area contributed by atoms with Crippen molar-refractivity contribution >= 4 is 41.7 Å². The number of aliphatic carboxylic acids is 1. The van der Waals surface area contributed by atoms with E-state index in [9.17, 15) is 29.0 Å². The highest BCUT2D eigenvalue weighted by molar-refractivity contribution is 6.33. The van der Waals surface area contributed by atoms with Crippen LogP contribution in [-0.4, -0.2) is 80.0 Å². The molecule has 2 heterocycles. The van der Waals surface area contributed by atoms with Crippen LogP contribution in [0, 0.1) is 17.1 Å². The average Bonchev–Trinajstić information content (AvgIpc) is 3.51. The fraction of sp³-hybridized carbons (Fsp3) is 0.379. The number of carbonyl (C=O) groups excluding carboxylic acids is 2. The maximum atomic E-state index is 14.0. The molecule has 44 heavy (non-hydrogen) atoms. The molecule has 1 aliphatic carbocycles. The lowest BCUT2D eigenvalue weighted by Gasteiger charge is -2.27. The number of aliphatic hydroxyl groups is 1. The number of nitrogens with one attached hydrogen (secondary N) is 4. The summed E-state index contributed by atoms with van der Waals surface area (Å²) in [5.74, 6) is -2.82. The molecule has 0 aliphatic heterocycles. The molecule has 13 nitrogen and oxygen atoms in total. The molecule has 4 atom stereocenters. The average molecular weight is 630 g/mol. The first-order valence-corrected chi connectivity index (χ1v) is 14.2. The number of methoxy groups -OCH3 is 1. The molecule has 0 radical (unpaired) electrons. The highest BCUT2D eigenvalue weighted by atomic mass is 35.5. The predicted octanol–water partition coefficient (Wildman–Crippen LogP) is 3.62. The molecular formula is C29H33ClFN7O6. The van der Waals surface area contributed by atoms with Gasteiger partial charge >= 0.3 is 5.97 Å². The van der Waals surface area contributed by atoms with E-state index < -0.39 is 48.2 Å². The number of rotatable bonds is 12. The molecule has 1 unspecified atom stereocenters. The summed E-state index contributed by atoms with van der Waals surface area (Å²) in [4.78, 5) is 50.2. The number of carboxylic acids is 1. The number of aliphatic hydroxyl groups excluding tert-OH is 1. The number of halogens is 2. The van der Waals surface area contributed by atoms with Crippen LogP contribution >= 0.6 is 11.6 Å². The second-order valence-electron chi connectivity index (χ2n) is 10.4. The second-order valence-corrected chi connectivity index (χ2v) is 10.8. The number of anilines is 1. The minimum atomic E-state index is -1.18. The number of aromatic amines is 1. The lowest BCUT2D eigenvalue weighted by molar-refractivity contribution is -0.142. The fourth-order valence-electron chi connectivity index (χ4n) is 5.06. The highest BCUT2D eigenvalue weighted by Gasteiger charge is 2.30. The number of hydrogen-bond donors (Lipinski definition) is 6. The van der Waals surface area contributed by atoms with E-state index >= 15 is 0 Å². The molecular weight excluding hydrogens is 597 g/mol. The highest BCUT2D eigenvalue weighted by Crippen LogP contribution is 2.30. The van der Waals surface area contributed by atoms with Crippen LogP contribution in [0.3, 0.4) is 0 Å². The first-order valence-electron chi connectivity index (χ1n) is 13.8. The molecule has 6 N–H and O–H groups in total. The summed E-state index contributed by atoms with van der Waals surface area (Å²) in [6.45, 7) is 0.850. The molecule has 4 rings (SSSR count). The number of carboxylic acid groups (broad SMARTS) is 1. The van der Waals surface area contributed by atoms with Crippen molar-refractivity contribution in [2.24, 2.45) is 5.92 Å². The summed E-state index contributed by atoms with van der Waals surface area (Å²) in [6, 6.07) is 2.94. The van der Waals surface area contributed by atoms with Gasteiger partial charge in [-0.25, -0.2) is 14.4 Å². The topological polar surface area (TPSA) is 194 Å². The smallest absolute Gasteiger partial charge is 0.306 e. The third kappa shape index (κ3) is 7.50. The molecule has 1 aromatic carbocycles. The van der Waals surface area contributed by atoms with Crippen LogP contribution in [-0.2, 0) is 9.59 Å². The van der Waals surface area contributed by atoms with Crippen molar-refractivity contribution in [1.29, 1.82) is 5.41 Å². The van der Waals surface area contributed by atoms with E-state index in [0.29, 0.717) is 30.4 Å². The Balaban J connectivity index is 1.47. The first-order chi connectivity index (χ1) is 21.0. The number of carbonyl (C=O) groups is 3. The van der Waals surface area contributed by atoms with Gasteiger partial charge in [-0.15, -0.1) is 0 Å². The Bertz CT molecular complexity index is 1540. The molecule has 234 valence electrons. The molecule has 0 saturated heterocycles. The summed E-state index contributed by atoms with van der Waals surface area (Å²) in [7, 11) is 1.36. The van der Waals surface area contributed by atoms with Crippen LogP contribution in [0.1, 0.15) is 54.7 Å². The van der Waals surface area contributed by atoms with Gasteiger partial charge in [-0.05, 0) is 49.9 Å². The Hall–Kier alpha value is -4.56. The summed E-state index contributed by atoms with van der Waals surface area (Å²) < 4.78 is 19.1. The Morgan fingerprint density at radius 3 is 2.75 bits per heavy atom. The number of benzene rings is 1. The number of ether oxygens (including phenoxy) is 1. The van der Waals surface area contributed by atoms with Crippen molar-refractivity contribution in [1.82, 2.24) is 25.2 Å². The van der Waals surface area contributed by atoms with Crippen molar-refractivity contribution in [3.8, 4) is 17.0 Å². The SMILES string of the molecule is COc1cc(F)cc([C@@H](CO)NC(=O)C(C)N(C=N)C(=O)c2cc(-c3nc(N[C@H]4CCC[C@@H](C(=O)O)C4)ncc3Cl)c[nH]2)c1. The number of H-pyrrole nitrogens is 1. The largest absolute Gasteiger partial charge is 0.497 e. The van der Waals surface area contributed by atoms with Gasteiger partial charge in [-0.1, -0.05) is 18.0 Å². The maximum absolute atomic E-state index is 14.0. The quantitative estimate of drug-likeness (QED) is 0.128. The van der Waals surface area contributed by atoms with Crippen LogP contribution in [0.4, 0.5) is 10.3 Å². The Morgan fingerprint density at radius 1 is 1.30 bits per heavy atom. The standard InChI is InChI=1S/C29H33ClFN7O6/c1-15(26(40)36-24(13-39)17-6-19(31)10-21(8-17)44-2)38(14-32)27(41)23-9-18(11-33-23)25-22(30)12-34-29(37-25)35-20-5-3-4-16(7-20)28(42)43/h6,8-12,14-16,20,24,32-33,39H,3-5,7,13H2,1-2H3,(H,36,40)(H,42,43)(H,34,35,37)/t15?,16-,20+,24-/m1/s1. The number of amides is 2. The second kappa shape index (κ2) is 14.3. The molecule has 1 saturated carbocycles. The fourth-order valence-corrected chi connectivity index (χ4v) is 5.26. The van der Waals surface area contributed by atoms with Crippen LogP contribution in [0.15, 0.2) is 36.7 Å². The van der Waals surface area contributed by atoms with Crippen LogP contribution in [0.2, 0.25) is 5.02 Å². The van der Waals surface area contributed by atoms with E-state index in [1.54, 1.807) is 0 Å². The molecule has 0 bridgehead atoms. The number of hydrogen-bond acceptors (Lipinski definition) is 9. The van der Waals surface area contributed by atoms with E-state index in [2.05, 4.69) is 25.6 Å². The normalized spacial score (nSPS) is 17.7. The van der Waals surface area contributed by atoms with Crippen molar-refractivity contribution < 1.29 is 33.7 Å². The molecule has 3 aromatic rings. The first kappa shape index (κ1) is 32.4. The van der Waals surface area contributed by atoms with Crippen molar-refractivity contribution in [2.45, 2.75) is 50.7 Å². The molecule has 15 heteroatoms. The number of nitrogens with zero attached hydrogens (tertiary/aromatic N) is 3. The minimum Gasteiger partial charge on any atom is -0.497 e. The van der Waals surface area contributed by atoms with Gasteiger partial charge in [0, 0.05) is 23.9 Å². The molecule has 2 aromatic heterocycles. The van der Waals surface area contributed by atoms with E-state index in [1.807, 2.05) is 0 Å². The van der Waals surface area contributed by atoms with Gasteiger partial charge < -0.3 is 30.6 Å². The van der Waals surface area contributed by atoms with E-state index in [4.69, 9.17) is 21.7 Å². The zero-order valence-electron chi connectivity index (χ0n) is 24.0. The van der Waals surface area contributed by atoms with Crippen LogP contribution < -0.4 is 15.4 Å². The van der Waals surface area contributed by atoms with E-state index in [0.717, 1.165) is 29.9 Å². The zero-order valence-corrected chi connectivity index (χ0v) is 24.8. The third-order valence-corrected chi connectivity index (χ3v) is 7.77. The molecule has 0 spiro atoms. The molecule has 2 amide bonds. The summed E-state index contributed by atoms with van der Waals surface area (Å²) in [5, 5.41) is 33.0. The lowest BCUT2D eigenvalue weighted by atomic mass is 9.86.